The van der Waals surface area contributed by atoms with Gasteiger partial charge in [-0.05, 0) is 53.9 Å². The van der Waals surface area contributed by atoms with Gasteiger partial charge in [0.2, 0.25) is 0 Å². The Bertz CT molecular complexity index is 601. The minimum atomic E-state index is -0.204. The lowest BCUT2D eigenvalue weighted by Crippen LogP contribution is -2.25. The molecule has 0 fully saturated rings. The Balaban J connectivity index is 1.92. The van der Waals surface area contributed by atoms with Crippen molar-refractivity contribution in [3.05, 3.63) is 39.5 Å². The predicted molar refractivity (Wildman–Crippen MR) is 75.1 cm³/mol. The van der Waals surface area contributed by atoms with Crippen LogP contribution in [0.3, 0.4) is 0 Å². The van der Waals surface area contributed by atoms with E-state index < -0.39 is 0 Å². The number of aromatic nitrogens is 2. The second kappa shape index (κ2) is 5.61. The van der Waals surface area contributed by atoms with Crippen LogP contribution in [0.15, 0.2) is 21.2 Å². The van der Waals surface area contributed by atoms with Crippen LogP contribution >= 0.6 is 15.9 Å². The summed E-state index contributed by atoms with van der Waals surface area (Å²) >= 11 is 3.17. The third-order valence-corrected chi connectivity index (χ3v) is 3.54. The summed E-state index contributed by atoms with van der Waals surface area (Å²) in [5.41, 5.74) is 3.32. The Kier molecular flexibility index (Phi) is 4.09. The van der Waals surface area contributed by atoms with E-state index in [1.807, 2.05) is 25.6 Å². The zero-order chi connectivity index (χ0) is 14.0. The van der Waals surface area contributed by atoms with Gasteiger partial charge in [-0.2, -0.15) is 5.10 Å². The summed E-state index contributed by atoms with van der Waals surface area (Å²) in [6, 6.07) is 3.34. The van der Waals surface area contributed by atoms with Gasteiger partial charge in [0, 0.05) is 19.3 Å². The Morgan fingerprint density at radius 1 is 1.47 bits per heavy atom. The number of amides is 1. The molecule has 0 atom stereocenters. The fourth-order valence-electron chi connectivity index (χ4n) is 2.00. The summed E-state index contributed by atoms with van der Waals surface area (Å²) in [4.78, 5) is 11.8. The molecule has 6 heteroatoms. The van der Waals surface area contributed by atoms with Crippen molar-refractivity contribution in [1.29, 1.82) is 0 Å². The summed E-state index contributed by atoms with van der Waals surface area (Å²) in [6.07, 6.45) is 0.763. The summed E-state index contributed by atoms with van der Waals surface area (Å²) in [5, 5.41) is 7.18. The van der Waals surface area contributed by atoms with Crippen LogP contribution < -0.4 is 5.32 Å². The molecular weight excluding hydrogens is 310 g/mol. The van der Waals surface area contributed by atoms with E-state index in [1.54, 1.807) is 12.1 Å². The monoisotopic (exact) mass is 325 g/mol. The molecule has 19 heavy (non-hydrogen) atoms. The fraction of sp³-hybridized carbons (Fsp3) is 0.385. The van der Waals surface area contributed by atoms with Crippen LogP contribution in [0.4, 0.5) is 0 Å². The van der Waals surface area contributed by atoms with E-state index in [0.717, 1.165) is 17.8 Å². The van der Waals surface area contributed by atoms with E-state index in [1.165, 1.54) is 5.56 Å². The Hall–Kier alpha value is -1.56. The molecule has 0 spiro atoms. The SMILES string of the molecule is Cc1nn(C)c(C)c1CCNC(=O)c1ccc(Br)o1. The molecule has 0 radical (unpaired) electrons. The van der Waals surface area contributed by atoms with Crippen molar-refractivity contribution in [3.8, 4) is 0 Å². The molecule has 0 unspecified atom stereocenters. The van der Waals surface area contributed by atoms with Crippen LogP contribution in [0.5, 0.6) is 0 Å². The number of halogens is 1. The lowest BCUT2D eigenvalue weighted by atomic mass is 10.1. The molecular formula is C13H16BrN3O2. The van der Waals surface area contributed by atoms with Crippen molar-refractivity contribution in [2.45, 2.75) is 20.3 Å². The number of carbonyl (C=O) groups excluding carboxylic acids is 1. The van der Waals surface area contributed by atoms with Gasteiger partial charge in [0.15, 0.2) is 10.4 Å². The number of aryl methyl sites for hydroxylation is 2. The highest BCUT2D eigenvalue weighted by atomic mass is 79.9. The number of rotatable bonds is 4. The fourth-order valence-corrected chi connectivity index (χ4v) is 2.31. The van der Waals surface area contributed by atoms with Gasteiger partial charge in [-0.15, -0.1) is 0 Å². The topological polar surface area (TPSA) is 60.1 Å². The molecule has 5 nitrogen and oxygen atoms in total. The van der Waals surface area contributed by atoms with E-state index in [9.17, 15) is 4.79 Å². The van der Waals surface area contributed by atoms with Crippen LogP contribution in [0.1, 0.15) is 27.5 Å². The molecule has 0 aromatic carbocycles. The minimum Gasteiger partial charge on any atom is -0.444 e. The van der Waals surface area contributed by atoms with Gasteiger partial charge in [-0.1, -0.05) is 0 Å². The third kappa shape index (κ3) is 3.07. The highest BCUT2D eigenvalue weighted by Gasteiger charge is 2.12. The second-order valence-electron chi connectivity index (χ2n) is 4.38. The zero-order valence-electron chi connectivity index (χ0n) is 11.2. The predicted octanol–water partition coefficient (Wildman–Crippen LogP) is 2.36. The van der Waals surface area contributed by atoms with Gasteiger partial charge in [0.05, 0.1) is 5.69 Å². The van der Waals surface area contributed by atoms with Crippen LogP contribution in [-0.2, 0) is 13.5 Å². The van der Waals surface area contributed by atoms with Crippen LogP contribution in [0, 0.1) is 13.8 Å². The first-order chi connectivity index (χ1) is 8.99. The van der Waals surface area contributed by atoms with E-state index in [0.29, 0.717) is 17.0 Å². The van der Waals surface area contributed by atoms with E-state index in [2.05, 4.69) is 26.3 Å². The van der Waals surface area contributed by atoms with E-state index in [4.69, 9.17) is 4.42 Å². The molecule has 2 aromatic heterocycles. The van der Waals surface area contributed by atoms with Crippen LogP contribution in [-0.4, -0.2) is 22.2 Å². The maximum Gasteiger partial charge on any atom is 0.287 e. The van der Waals surface area contributed by atoms with Crippen molar-refractivity contribution in [2.24, 2.45) is 7.05 Å². The average molecular weight is 326 g/mol. The Morgan fingerprint density at radius 2 is 2.21 bits per heavy atom. The van der Waals surface area contributed by atoms with Crippen LogP contribution in [0.25, 0.3) is 0 Å². The first-order valence-corrected chi connectivity index (χ1v) is 6.81. The average Bonchev–Trinajstić information content (AvgIpc) is 2.88. The standard InChI is InChI=1S/C13H16BrN3O2/c1-8-10(9(2)17(3)16-8)6-7-15-13(18)11-4-5-12(14)19-11/h4-5H,6-7H2,1-3H3,(H,15,18). The highest BCUT2D eigenvalue weighted by molar-refractivity contribution is 9.10. The lowest BCUT2D eigenvalue weighted by Gasteiger charge is -2.04. The lowest BCUT2D eigenvalue weighted by molar-refractivity contribution is 0.0925. The molecule has 0 aliphatic rings. The van der Waals surface area contributed by atoms with Gasteiger partial charge >= 0.3 is 0 Å². The van der Waals surface area contributed by atoms with Gasteiger partial charge < -0.3 is 9.73 Å². The normalized spacial score (nSPS) is 10.7. The Labute approximate surface area is 120 Å². The van der Waals surface area contributed by atoms with Crippen LogP contribution in [0.2, 0.25) is 0 Å². The summed E-state index contributed by atoms with van der Waals surface area (Å²) in [7, 11) is 1.92. The molecule has 0 bridgehead atoms. The maximum absolute atomic E-state index is 11.8. The molecule has 1 N–H and O–H groups in total. The zero-order valence-corrected chi connectivity index (χ0v) is 12.7. The highest BCUT2D eigenvalue weighted by Crippen LogP contribution is 2.14. The van der Waals surface area contributed by atoms with Gasteiger partial charge in [0.25, 0.3) is 5.91 Å². The summed E-state index contributed by atoms with van der Waals surface area (Å²) in [5.74, 6) is 0.108. The maximum atomic E-state index is 11.8. The minimum absolute atomic E-state index is 0.204. The number of nitrogens with one attached hydrogen (secondary N) is 1. The van der Waals surface area contributed by atoms with Crippen molar-refractivity contribution in [1.82, 2.24) is 15.1 Å². The number of hydrogen-bond donors (Lipinski definition) is 1. The van der Waals surface area contributed by atoms with Crippen molar-refractivity contribution in [3.63, 3.8) is 0 Å². The molecule has 102 valence electrons. The molecule has 2 heterocycles. The van der Waals surface area contributed by atoms with E-state index in [-0.39, 0.29) is 5.91 Å². The number of nitrogens with zero attached hydrogens (tertiary/aromatic N) is 2. The molecule has 2 rings (SSSR count). The molecule has 0 saturated carbocycles. The smallest absolute Gasteiger partial charge is 0.287 e. The first-order valence-electron chi connectivity index (χ1n) is 6.01. The summed E-state index contributed by atoms with van der Waals surface area (Å²) < 4.78 is 7.60. The Morgan fingerprint density at radius 3 is 2.74 bits per heavy atom. The molecule has 0 saturated heterocycles. The van der Waals surface area contributed by atoms with Crippen molar-refractivity contribution in [2.75, 3.05) is 6.54 Å². The summed E-state index contributed by atoms with van der Waals surface area (Å²) in [6.45, 7) is 4.57. The first kappa shape index (κ1) is 13.9. The molecule has 0 aliphatic heterocycles. The van der Waals surface area contributed by atoms with E-state index >= 15 is 0 Å². The van der Waals surface area contributed by atoms with Crippen molar-refractivity contribution >= 4 is 21.8 Å². The molecule has 0 aliphatic carbocycles. The van der Waals surface area contributed by atoms with Gasteiger partial charge in [0.1, 0.15) is 0 Å². The molecule has 2 aromatic rings. The largest absolute Gasteiger partial charge is 0.444 e. The second-order valence-corrected chi connectivity index (χ2v) is 5.16. The quantitative estimate of drug-likeness (QED) is 0.938. The third-order valence-electron chi connectivity index (χ3n) is 3.12. The van der Waals surface area contributed by atoms with Gasteiger partial charge in [-0.25, -0.2) is 0 Å². The number of hydrogen-bond acceptors (Lipinski definition) is 3. The van der Waals surface area contributed by atoms with Gasteiger partial charge in [-0.3, -0.25) is 9.48 Å². The number of furan rings is 1. The number of carbonyl (C=O) groups is 1. The van der Waals surface area contributed by atoms with Crippen molar-refractivity contribution < 1.29 is 9.21 Å². The molecule has 1 amide bonds.